The first-order chi connectivity index (χ1) is 9.65. The normalized spacial score (nSPS) is 15.9. The van der Waals surface area contributed by atoms with Crippen molar-refractivity contribution in [3.05, 3.63) is 56.0 Å². The van der Waals surface area contributed by atoms with Gasteiger partial charge in [-0.15, -0.1) is 11.3 Å². The van der Waals surface area contributed by atoms with Gasteiger partial charge < -0.3 is 5.73 Å². The quantitative estimate of drug-likeness (QED) is 0.876. The molecule has 1 aromatic heterocycles. The Hall–Kier alpha value is -0.900. The molecule has 1 heterocycles. The maximum absolute atomic E-state index is 13.9. The summed E-state index contributed by atoms with van der Waals surface area (Å²) in [5, 5.41) is 0.167. The number of thiophene rings is 1. The minimum absolute atomic E-state index is 0.154. The fourth-order valence-electron chi connectivity index (χ4n) is 2.74. The largest absolute Gasteiger partial charge is 0.323 e. The van der Waals surface area contributed by atoms with Crippen molar-refractivity contribution in [2.75, 3.05) is 0 Å². The lowest BCUT2D eigenvalue weighted by atomic mass is 9.98. The van der Waals surface area contributed by atoms with Gasteiger partial charge in [0.05, 0.1) is 5.02 Å². The van der Waals surface area contributed by atoms with Crippen molar-refractivity contribution >= 4 is 22.9 Å². The van der Waals surface area contributed by atoms with Gasteiger partial charge in [-0.3, -0.25) is 0 Å². The highest BCUT2D eigenvalue weighted by Gasteiger charge is 2.18. The third-order valence-electron chi connectivity index (χ3n) is 3.85. The number of rotatable bonds is 3. The number of fused-ring (bicyclic) bond motifs is 1. The van der Waals surface area contributed by atoms with E-state index >= 15 is 0 Å². The van der Waals surface area contributed by atoms with Crippen molar-refractivity contribution in [1.82, 2.24) is 0 Å². The SMILES string of the molecule is NC(Cc1cccc(Cl)c1F)c1cc2c(s1)CCCC2. The van der Waals surface area contributed by atoms with Gasteiger partial charge in [0.15, 0.2) is 0 Å². The van der Waals surface area contributed by atoms with Gasteiger partial charge in [-0.05, 0) is 55.4 Å². The third kappa shape index (κ3) is 2.76. The van der Waals surface area contributed by atoms with Crippen LogP contribution >= 0.6 is 22.9 Å². The summed E-state index contributed by atoms with van der Waals surface area (Å²) in [6.07, 6.45) is 5.35. The van der Waals surface area contributed by atoms with Crippen LogP contribution in [0.5, 0.6) is 0 Å². The molecule has 0 bridgehead atoms. The molecule has 4 heteroatoms. The van der Waals surface area contributed by atoms with E-state index in [-0.39, 0.29) is 16.9 Å². The summed E-state index contributed by atoms with van der Waals surface area (Å²) in [4.78, 5) is 2.63. The summed E-state index contributed by atoms with van der Waals surface area (Å²) in [5.74, 6) is -0.342. The van der Waals surface area contributed by atoms with E-state index in [1.807, 2.05) is 0 Å². The monoisotopic (exact) mass is 309 g/mol. The maximum atomic E-state index is 13.9. The Bertz CT molecular complexity index is 599. The van der Waals surface area contributed by atoms with Gasteiger partial charge >= 0.3 is 0 Å². The number of hydrogen-bond donors (Lipinski definition) is 1. The Balaban J connectivity index is 1.80. The Morgan fingerprint density at radius 1 is 1.30 bits per heavy atom. The molecule has 2 N–H and O–H groups in total. The van der Waals surface area contributed by atoms with Gasteiger partial charge in [0.1, 0.15) is 5.82 Å². The minimum Gasteiger partial charge on any atom is -0.323 e. The average molecular weight is 310 g/mol. The second kappa shape index (κ2) is 5.84. The Kier molecular flexibility index (Phi) is 4.11. The molecule has 0 aliphatic heterocycles. The zero-order valence-corrected chi connectivity index (χ0v) is 12.7. The van der Waals surface area contributed by atoms with E-state index < -0.39 is 0 Å². The lowest BCUT2D eigenvalue weighted by Gasteiger charge is -2.11. The predicted molar refractivity (Wildman–Crippen MR) is 83.0 cm³/mol. The van der Waals surface area contributed by atoms with Crippen molar-refractivity contribution < 1.29 is 4.39 Å². The van der Waals surface area contributed by atoms with Gasteiger partial charge in [-0.2, -0.15) is 0 Å². The third-order valence-corrected chi connectivity index (χ3v) is 5.51. The molecule has 1 nitrogen and oxygen atoms in total. The lowest BCUT2D eigenvalue weighted by molar-refractivity contribution is 0.595. The van der Waals surface area contributed by atoms with E-state index in [4.69, 9.17) is 17.3 Å². The molecule has 0 saturated carbocycles. The van der Waals surface area contributed by atoms with Crippen molar-refractivity contribution in [3.63, 3.8) is 0 Å². The summed E-state index contributed by atoms with van der Waals surface area (Å²) in [6, 6.07) is 7.15. The topological polar surface area (TPSA) is 26.0 Å². The first-order valence-electron chi connectivity index (χ1n) is 6.95. The van der Waals surface area contributed by atoms with Crippen LogP contribution in [-0.4, -0.2) is 0 Å². The molecule has 106 valence electrons. The van der Waals surface area contributed by atoms with Gasteiger partial charge in [0.2, 0.25) is 0 Å². The van der Waals surface area contributed by atoms with Crippen LogP contribution in [0.2, 0.25) is 5.02 Å². The molecule has 3 rings (SSSR count). The number of benzene rings is 1. The Labute approximate surface area is 127 Å². The highest BCUT2D eigenvalue weighted by Crippen LogP contribution is 2.33. The standard InChI is InChI=1S/C16H17ClFNS/c17-12-6-3-5-11(16(12)18)8-13(19)15-9-10-4-1-2-7-14(10)20-15/h3,5-6,9,13H,1-2,4,7-8,19H2. The van der Waals surface area contributed by atoms with E-state index in [1.165, 1.54) is 23.3 Å². The molecule has 1 atom stereocenters. The van der Waals surface area contributed by atoms with Crippen LogP contribution in [-0.2, 0) is 19.3 Å². The Morgan fingerprint density at radius 3 is 2.90 bits per heavy atom. The van der Waals surface area contributed by atoms with Gasteiger partial charge in [-0.25, -0.2) is 4.39 Å². The molecule has 0 fully saturated rings. The zero-order valence-electron chi connectivity index (χ0n) is 11.2. The highest BCUT2D eigenvalue weighted by molar-refractivity contribution is 7.12. The Morgan fingerprint density at radius 2 is 2.10 bits per heavy atom. The molecule has 1 unspecified atom stereocenters. The summed E-state index contributed by atoms with van der Waals surface area (Å²) in [6.45, 7) is 0. The van der Waals surface area contributed by atoms with Crippen LogP contribution in [0.4, 0.5) is 4.39 Å². The summed E-state index contributed by atoms with van der Waals surface area (Å²) in [5.41, 5.74) is 8.30. The van der Waals surface area contributed by atoms with Gasteiger partial charge in [-0.1, -0.05) is 23.7 Å². The van der Waals surface area contributed by atoms with E-state index in [1.54, 1.807) is 29.5 Å². The van der Waals surface area contributed by atoms with Gasteiger partial charge in [0, 0.05) is 15.8 Å². The van der Waals surface area contributed by atoms with Crippen LogP contribution in [0, 0.1) is 5.82 Å². The molecular weight excluding hydrogens is 293 g/mol. The van der Waals surface area contributed by atoms with E-state index in [0.29, 0.717) is 12.0 Å². The molecule has 1 aromatic carbocycles. The second-order valence-electron chi connectivity index (χ2n) is 5.33. The van der Waals surface area contributed by atoms with Crippen LogP contribution in [0.15, 0.2) is 24.3 Å². The maximum Gasteiger partial charge on any atom is 0.145 e. The summed E-state index contributed by atoms with van der Waals surface area (Å²) < 4.78 is 13.9. The minimum atomic E-state index is -0.342. The van der Waals surface area contributed by atoms with E-state index in [2.05, 4.69) is 6.07 Å². The zero-order chi connectivity index (χ0) is 14.1. The number of aryl methyl sites for hydroxylation is 2. The summed E-state index contributed by atoms with van der Waals surface area (Å²) in [7, 11) is 0. The van der Waals surface area contributed by atoms with Gasteiger partial charge in [0.25, 0.3) is 0 Å². The van der Waals surface area contributed by atoms with Crippen molar-refractivity contribution in [3.8, 4) is 0 Å². The number of hydrogen-bond acceptors (Lipinski definition) is 2. The van der Waals surface area contributed by atoms with Crippen LogP contribution < -0.4 is 5.73 Å². The van der Waals surface area contributed by atoms with Crippen LogP contribution in [0.25, 0.3) is 0 Å². The molecular formula is C16H17ClFNS. The predicted octanol–water partition coefficient (Wildman–Crippen LogP) is 4.66. The molecule has 1 aliphatic carbocycles. The summed E-state index contributed by atoms with van der Waals surface area (Å²) >= 11 is 7.60. The molecule has 2 aromatic rings. The van der Waals surface area contributed by atoms with Crippen LogP contribution in [0.1, 0.15) is 39.8 Å². The van der Waals surface area contributed by atoms with E-state index in [0.717, 1.165) is 17.7 Å². The first kappa shape index (κ1) is 14.1. The van der Waals surface area contributed by atoms with Crippen LogP contribution in [0.3, 0.4) is 0 Å². The van der Waals surface area contributed by atoms with Crippen molar-refractivity contribution in [2.24, 2.45) is 5.73 Å². The molecule has 0 saturated heterocycles. The average Bonchev–Trinajstić information content (AvgIpc) is 2.88. The molecule has 0 amide bonds. The smallest absolute Gasteiger partial charge is 0.145 e. The molecule has 20 heavy (non-hydrogen) atoms. The molecule has 1 aliphatic rings. The number of halogens is 2. The fourth-order valence-corrected chi connectivity index (χ4v) is 4.19. The van der Waals surface area contributed by atoms with Crippen molar-refractivity contribution in [2.45, 2.75) is 38.1 Å². The lowest BCUT2D eigenvalue weighted by Crippen LogP contribution is -2.12. The highest BCUT2D eigenvalue weighted by atomic mass is 35.5. The molecule has 0 radical (unpaired) electrons. The second-order valence-corrected chi connectivity index (χ2v) is 6.90. The first-order valence-corrected chi connectivity index (χ1v) is 8.14. The fraction of sp³-hybridized carbons (Fsp3) is 0.375. The molecule has 0 spiro atoms. The number of nitrogens with two attached hydrogens (primary N) is 1. The van der Waals surface area contributed by atoms with Crippen molar-refractivity contribution in [1.29, 1.82) is 0 Å². The van der Waals surface area contributed by atoms with E-state index in [9.17, 15) is 4.39 Å².